The average molecular weight is 378 g/mol. The molecule has 0 radical (unpaired) electrons. The van der Waals surface area contributed by atoms with Crippen molar-refractivity contribution in [1.29, 1.82) is 0 Å². The van der Waals surface area contributed by atoms with Gasteiger partial charge in [-0.15, -0.1) is 0 Å². The highest BCUT2D eigenvalue weighted by Gasteiger charge is 2.24. The zero-order valence-electron chi connectivity index (χ0n) is 11.2. The quantitative estimate of drug-likeness (QED) is 0.760. The van der Waals surface area contributed by atoms with Gasteiger partial charge in [-0.2, -0.15) is 5.10 Å². The third kappa shape index (κ3) is 3.09. The molecule has 0 saturated heterocycles. The Morgan fingerprint density at radius 1 is 1.43 bits per heavy atom. The van der Waals surface area contributed by atoms with Crippen molar-refractivity contribution in [2.75, 3.05) is 4.72 Å². The van der Waals surface area contributed by atoms with E-state index in [0.29, 0.717) is 11.3 Å². The molecule has 2 rings (SSSR count). The van der Waals surface area contributed by atoms with E-state index in [2.05, 4.69) is 30.8 Å². The first kappa shape index (κ1) is 15.9. The van der Waals surface area contributed by atoms with Gasteiger partial charge in [0, 0.05) is 0 Å². The zero-order valence-corrected chi connectivity index (χ0v) is 13.6. The fraction of sp³-hybridized carbons (Fsp3) is 0.250. The van der Waals surface area contributed by atoms with Crippen molar-refractivity contribution in [3.8, 4) is 0 Å². The fourth-order valence-electron chi connectivity index (χ4n) is 1.89. The van der Waals surface area contributed by atoms with Gasteiger partial charge in [0.1, 0.15) is 16.4 Å². The molecule has 0 amide bonds. The minimum atomic E-state index is -3.94. The minimum absolute atomic E-state index is 0.0267. The highest BCUT2D eigenvalue weighted by Crippen LogP contribution is 2.27. The van der Waals surface area contributed by atoms with E-state index in [9.17, 15) is 12.8 Å². The van der Waals surface area contributed by atoms with Gasteiger partial charge in [-0.25, -0.2) is 12.8 Å². The van der Waals surface area contributed by atoms with Crippen LogP contribution < -0.4 is 4.72 Å². The summed E-state index contributed by atoms with van der Waals surface area (Å²) in [6.07, 6.45) is 0. The van der Waals surface area contributed by atoms with Crippen molar-refractivity contribution in [2.24, 2.45) is 0 Å². The van der Waals surface area contributed by atoms with Crippen LogP contribution in [0.4, 0.5) is 10.1 Å². The lowest BCUT2D eigenvalue weighted by Crippen LogP contribution is -2.16. The summed E-state index contributed by atoms with van der Waals surface area (Å²) in [7, 11) is -3.94. The molecule has 114 valence electrons. The molecule has 3 N–H and O–H groups in total. The van der Waals surface area contributed by atoms with E-state index in [1.807, 2.05) is 0 Å². The van der Waals surface area contributed by atoms with Crippen LogP contribution in [0, 0.1) is 19.7 Å². The van der Waals surface area contributed by atoms with Gasteiger partial charge in [-0.1, -0.05) is 0 Å². The minimum Gasteiger partial charge on any atom is -0.390 e. The van der Waals surface area contributed by atoms with Crippen LogP contribution >= 0.6 is 15.9 Å². The summed E-state index contributed by atoms with van der Waals surface area (Å²) in [5.74, 6) is -0.481. The second kappa shape index (κ2) is 5.74. The summed E-state index contributed by atoms with van der Waals surface area (Å²) in [5, 5.41) is 15.4. The van der Waals surface area contributed by atoms with Gasteiger partial charge >= 0.3 is 0 Å². The average Bonchev–Trinajstić information content (AvgIpc) is 2.77. The Balaban J connectivity index is 2.47. The van der Waals surface area contributed by atoms with E-state index >= 15 is 0 Å². The lowest BCUT2D eigenvalue weighted by Gasteiger charge is -2.12. The number of aliphatic hydroxyl groups is 1. The molecule has 0 saturated carbocycles. The van der Waals surface area contributed by atoms with Crippen LogP contribution in [0.1, 0.15) is 17.0 Å². The Bertz CT molecular complexity index is 789. The summed E-state index contributed by atoms with van der Waals surface area (Å²) in [4.78, 5) is -0.107. The monoisotopic (exact) mass is 377 g/mol. The maximum atomic E-state index is 13.4. The molecule has 21 heavy (non-hydrogen) atoms. The number of aryl methyl sites for hydroxylation is 2. The summed E-state index contributed by atoms with van der Waals surface area (Å²) in [6.45, 7) is 2.61. The van der Waals surface area contributed by atoms with E-state index in [-0.39, 0.29) is 20.7 Å². The molecular weight excluding hydrogens is 365 g/mol. The van der Waals surface area contributed by atoms with Gasteiger partial charge in [0.2, 0.25) is 0 Å². The predicted octanol–water partition coefficient (Wildman–Crippen LogP) is 2.22. The molecule has 1 aromatic carbocycles. The van der Waals surface area contributed by atoms with Crippen LogP contribution in [0.5, 0.6) is 0 Å². The van der Waals surface area contributed by atoms with Crippen molar-refractivity contribution in [3.63, 3.8) is 0 Å². The highest BCUT2D eigenvalue weighted by molar-refractivity contribution is 9.10. The molecular formula is C12H13BrFN3O3S. The van der Waals surface area contributed by atoms with E-state index in [1.165, 1.54) is 19.1 Å². The predicted molar refractivity (Wildman–Crippen MR) is 78.9 cm³/mol. The van der Waals surface area contributed by atoms with Crippen molar-refractivity contribution >= 4 is 31.6 Å². The van der Waals surface area contributed by atoms with Crippen molar-refractivity contribution < 1.29 is 17.9 Å². The number of sulfonamides is 1. The normalized spacial score (nSPS) is 11.7. The number of hydrogen-bond donors (Lipinski definition) is 3. The molecule has 0 spiro atoms. The SMILES string of the molecule is Cc1cc(F)c(Br)cc1NS(=O)(=O)c1c(CO)n[nH]c1C. The second-order valence-corrected chi connectivity index (χ2v) is 6.94. The maximum absolute atomic E-state index is 13.4. The van der Waals surface area contributed by atoms with Gasteiger partial charge < -0.3 is 5.11 Å². The van der Waals surface area contributed by atoms with Crippen LogP contribution in [0.3, 0.4) is 0 Å². The van der Waals surface area contributed by atoms with Gasteiger partial charge in [-0.3, -0.25) is 9.82 Å². The number of aliphatic hydroxyl groups excluding tert-OH is 1. The molecule has 2 aromatic rings. The molecule has 0 bridgehead atoms. The zero-order chi connectivity index (χ0) is 15.8. The van der Waals surface area contributed by atoms with Crippen LogP contribution in [0.15, 0.2) is 21.5 Å². The number of aromatic nitrogens is 2. The molecule has 0 unspecified atom stereocenters. The molecule has 9 heteroatoms. The smallest absolute Gasteiger partial charge is 0.265 e. The summed E-state index contributed by atoms with van der Waals surface area (Å²) in [6, 6.07) is 2.56. The molecule has 1 aromatic heterocycles. The molecule has 0 fully saturated rings. The van der Waals surface area contributed by atoms with E-state index in [4.69, 9.17) is 5.11 Å². The van der Waals surface area contributed by atoms with Gasteiger partial charge in [0.15, 0.2) is 0 Å². The molecule has 0 aliphatic heterocycles. The third-order valence-corrected chi connectivity index (χ3v) is 5.07. The van der Waals surface area contributed by atoms with E-state index < -0.39 is 22.4 Å². The summed E-state index contributed by atoms with van der Waals surface area (Å²) in [5.41, 5.74) is 1.02. The van der Waals surface area contributed by atoms with Crippen molar-refractivity contribution in [2.45, 2.75) is 25.3 Å². The van der Waals surface area contributed by atoms with Gasteiger partial charge in [0.25, 0.3) is 10.0 Å². The van der Waals surface area contributed by atoms with Gasteiger partial charge in [-0.05, 0) is 47.5 Å². The Labute approximate surface area is 129 Å². The first-order valence-electron chi connectivity index (χ1n) is 5.89. The van der Waals surface area contributed by atoms with E-state index in [0.717, 1.165) is 0 Å². The first-order chi connectivity index (χ1) is 9.76. The number of halogens is 2. The number of benzene rings is 1. The van der Waals surface area contributed by atoms with Gasteiger partial charge in [0.05, 0.1) is 22.5 Å². The maximum Gasteiger partial charge on any atom is 0.265 e. The molecule has 0 aliphatic rings. The summed E-state index contributed by atoms with van der Waals surface area (Å²) >= 11 is 3.01. The number of anilines is 1. The second-order valence-electron chi connectivity index (χ2n) is 4.47. The van der Waals surface area contributed by atoms with E-state index in [1.54, 1.807) is 6.92 Å². The third-order valence-electron chi connectivity index (χ3n) is 2.89. The standard InChI is InChI=1S/C12H13BrFN3O3S/c1-6-3-9(14)8(13)4-10(6)17-21(19,20)12-7(2)15-16-11(12)5-18/h3-4,17-18H,5H2,1-2H3,(H,15,16). The number of nitrogens with zero attached hydrogens (tertiary/aromatic N) is 1. The Morgan fingerprint density at radius 2 is 2.10 bits per heavy atom. The Hall–Kier alpha value is -1.45. The van der Waals surface area contributed by atoms with Crippen molar-refractivity contribution in [1.82, 2.24) is 10.2 Å². The highest BCUT2D eigenvalue weighted by atomic mass is 79.9. The lowest BCUT2D eigenvalue weighted by atomic mass is 10.2. The number of H-pyrrole nitrogens is 1. The van der Waals surface area contributed by atoms with Crippen LogP contribution in [0.2, 0.25) is 0 Å². The Morgan fingerprint density at radius 3 is 2.71 bits per heavy atom. The van der Waals surface area contributed by atoms with Crippen LogP contribution in [-0.2, 0) is 16.6 Å². The number of aromatic amines is 1. The number of hydrogen-bond acceptors (Lipinski definition) is 4. The Kier molecular flexibility index (Phi) is 4.35. The molecule has 6 nitrogen and oxygen atoms in total. The largest absolute Gasteiger partial charge is 0.390 e. The summed E-state index contributed by atoms with van der Waals surface area (Å²) < 4.78 is 40.7. The lowest BCUT2D eigenvalue weighted by molar-refractivity contribution is 0.273. The molecule has 0 atom stereocenters. The van der Waals surface area contributed by atoms with Crippen LogP contribution in [-0.4, -0.2) is 23.7 Å². The van der Waals surface area contributed by atoms with Crippen molar-refractivity contribution in [3.05, 3.63) is 39.4 Å². The molecule has 1 heterocycles. The fourth-order valence-corrected chi connectivity index (χ4v) is 3.71. The molecule has 0 aliphatic carbocycles. The number of rotatable bonds is 4. The van der Waals surface area contributed by atoms with Crippen LogP contribution in [0.25, 0.3) is 0 Å². The topological polar surface area (TPSA) is 95.1 Å². The first-order valence-corrected chi connectivity index (χ1v) is 8.17. The number of nitrogens with one attached hydrogen (secondary N) is 2.